The van der Waals surface area contributed by atoms with E-state index in [1.165, 1.54) is 21.3 Å². The second kappa shape index (κ2) is 12.9. The summed E-state index contributed by atoms with van der Waals surface area (Å²) in [6.45, 7) is 10.3. The SMILES string of the molecule is Cc1ccc(N(CCCC(=O)N(Cc2ccc(F)cc2)[C@H](C)C(=O)NCC(C)C)S(C)(=O)=O)cc1C. The molecule has 0 fully saturated rings. The van der Waals surface area contributed by atoms with Gasteiger partial charge in [0.1, 0.15) is 11.9 Å². The van der Waals surface area contributed by atoms with Gasteiger partial charge in [0.2, 0.25) is 21.8 Å². The van der Waals surface area contributed by atoms with Gasteiger partial charge in [0.05, 0.1) is 11.9 Å². The molecule has 198 valence electrons. The zero-order chi connectivity index (χ0) is 27.0. The number of rotatable bonds is 12. The summed E-state index contributed by atoms with van der Waals surface area (Å²) in [5, 5.41) is 2.86. The van der Waals surface area contributed by atoms with E-state index in [0.717, 1.165) is 17.4 Å². The van der Waals surface area contributed by atoms with Crippen molar-refractivity contribution < 1.29 is 22.4 Å². The molecule has 0 saturated carbocycles. The lowest BCUT2D eigenvalue weighted by molar-refractivity contribution is -0.140. The van der Waals surface area contributed by atoms with E-state index < -0.39 is 16.1 Å². The molecule has 1 N–H and O–H groups in total. The minimum Gasteiger partial charge on any atom is -0.354 e. The van der Waals surface area contributed by atoms with Crippen molar-refractivity contribution >= 4 is 27.5 Å². The third-order valence-corrected chi connectivity index (χ3v) is 7.24. The molecule has 9 heteroatoms. The number of benzene rings is 2. The summed E-state index contributed by atoms with van der Waals surface area (Å²) in [5.74, 6) is -0.673. The van der Waals surface area contributed by atoms with Gasteiger partial charge in [-0.3, -0.25) is 13.9 Å². The Morgan fingerprint density at radius 3 is 2.19 bits per heavy atom. The van der Waals surface area contributed by atoms with Crippen LogP contribution in [-0.2, 0) is 26.2 Å². The molecule has 2 rings (SSSR count). The normalized spacial score (nSPS) is 12.3. The fraction of sp³-hybridized carbons (Fsp3) is 0.481. The van der Waals surface area contributed by atoms with E-state index in [9.17, 15) is 22.4 Å². The second-order valence-electron chi connectivity index (χ2n) is 9.67. The van der Waals surface area contributed by atoms with Gasteiger partial charge in [-0.2, -0.15) is 0 Å². The van der Waals surface area contributed by atoms with E-state index in [2.05, 4.69) is 5.32 Å². The van der Waals surface area contributed by atoms with Gasteiger partial charge in [-0.1, -0.05) is 32.0 Å². The monoisotopic (exact) mass is 519 g/mol. The molecule has 0 aliphatic carbocycles. The van der Waals surface area contributed by atoms with Crippen LogP contribution in [-0.4, -0.2) is 50.5 Å². The third-order valence-electron chi connectivity index (χ3n) is 6.05. The zero-order valence-corrected chi connectivity index (χ0v) is 22.9. The van der Waals surface area contributed by atoms with Crippen LogP contribution in [0.5, 0.6) is 0 Å². The first kappa shape index (κ1) is 29.3. The standard InChI is InChI=1S/C27H38FN3O4S/c1-19(2)17-29-27(33)22(5)30(18-23-10-12-24(28)13-11-23)26(32)8-7-15-31(36(6,34)35)25-14-9-20(3)21(4)16-25/h9-14,16,19,22H,7-8,15,17-18H2,1-6H3,(H,29,33)/t22-/m1/s1. The van der Waals surface area contributed by atoms with Crippen LogP contribution in [0, 0.1) is 25.6 Å². The van der Waals surface area contributed by atoms with Gasteiger partial charge in [0.15, 0.2) is 0 Å². The van der Waals surface area contributed by atoms with Crippen LogP contribution in [0.15, 0.2) is 42.5 Å². The van der Waals surface area contributed by atoms with Crippen molar-refractivity contribution in [3.63, 3.8) is 0 Å². The number of amides is 2. The molecule has 0 saturated heterocycles. The molecule has 0 heterocycles. The number of nitrogens with zero attached hydrogens (tertiary/aromatic N) is 2. The highest BCUT2D eigenvalue weighted by molar-refractivity contribution is 7.92. The number of halogens is 1. The van der Waals surface area contributed by atoms with E-state index in [-0.39, 0.29) is 49.5 Å². The van der Waals surface area contributed by atoms with Gasteiger partial charge < -0.3 is 10.2 Å². The Hall–Kier alpha value is -2.94. The number of carbonyl (C=O) groups excluding carboxylic acids is 2. The molecule has 0 aliphatic rings. The molecule has 2 amide bonds. The molecule has 1 atom stereocenters. The summed E-state index contributed by atoms with van der Waals surface area (Å²) >= 11 is 0. The van der Waals surface area contributed by atoms with Crippen molar-refractivity contribution in [1.82, 2.24) is 10.2 Å². The quantitative estimate of drug-likeness (QED) is 0.456. The van der Waals surface area contributed by atoms with Crippen LogP contribution in [0.1, 0.15) is 50.3 Å². The Morgan fingerprint density at radius 1 is 1.00 bits per heavy atom. The highest BCUT2D eigenvalue weighted by atomic mass is 32.2. The van der Waals surface area contributed by atoms with Crippen molar-refractivity contribution in [2.45, 2.75) is 60.0 Å². The summed E-state index contributed by atoms with van der Waals surface area (Å²) in [6, 6.07) is 10.5. The number of nitrogens with one attached hydrogen (secondary N) is 1. The lowest BCUT2D eigenvalue weighted by atomic mass is 10.1. The van der Waals surface area contributed by atoms with Crippen molar-refractivity contribution in [2.24, 2.45) is 5.92 Å². The number of hydrogen-bond donors (Lipinski definition) is 1. The minimum absolute atomic E-state index is 0.0554. The maximum atomic E-state index is 13.4. The molecule has 0 bridgehead atoms. The molecule has 2 aromatic rings. The zero-order valence-electron chi connectivity index (χ0n) is 22.0. The van der Waals surface area contributed by atoms with Gasteiger partial charge in [0, 0.05) is 26.1 Å². The summed E-state index contributed by atoms with van der Waals surface area (Å²) in [6.07, 6.45) is 1.48. The summed E-state index contributed by atoms with van der Waals surface area (Å²) in [5.41, 5.74) is 3.28. The van der Waals surface area contributed by atoms with E-state index >= 15 is 0 Å². The Labute approximate surface area is 214 Å². The Bertz CT molecular complexity index is 1150. The van der Waals surface area contributed by atoms with Gasteiger partial charge in [-0.25, -0.2) is 12.8 Å². The number of sulfonamides is 1. The van der Waals surface area contributed by atoms with Crippen molar-refractivity contribution in [1.29, 1.82) is 0 Å². The maximum Gasteiger partial charge on any atom is 0.242 e. The predicted octanol–water partition coefficient (Wildman–Crippen LogP) is 4.18. The molecule has 2 aromatic carbocycles. The van der Waals surface area contributed by atoms with Crippen LogP contribution in [0.4, 0.5) is 10.1 Å². The van der Waals surface area contributed by atoms with Gasteiger partial charge in [0.25, 0.3) is 0 Å². The minimum atomic E-state index is -3.55. The molecular formula is C27H38FN3O4S. The van der Waals surface area contributed by atoms with Crippen LogP contribution >= 0.6 is 0 Å². The first-order valence-electron chi connectivity index (χ1n) is 12.2. The van der Waals surface area contributed by atoms with Crippen molar-refractivity contribution in [2.75, 3.05) is 23.7 Å². The predicted molar refractivity (Wildman–Crippen MR) is 142 cm³/mol. The third kappa shape index (κ3) is 8.62. The molecule has 0 radical (unpaired) electrons. The number of carbonyl (C=O) groups is 2. The molecular weight excluding hydrogens is 481 g/mol. The molecule has 0 unspecified atom stereocenters. The van der Waals surface area contributed by atoms with Gasteiger partial charge >= 0.3 is 0 Å². The Balaban J connectivity index is 2.17. The number of anilines is 1. The van der Waals surface area contributed by atoms with E-state index in [0.29, 0.717) is 17.8 Å². The lowest BCUT2D eigenvalue weighted by Gasteiger charge is -2.29. The van der Waals surface area contributed by atoms with E-state index in [1.807, 2.05) is 39.8 Å². The van der Waals surface area contributed by atoms with Crippen LogP contribution in [0.25, 0.3) is 0 Å². The van der Waals surface area contributed by atoms with Gasteiger partial charge in [-0.05, 0) is 74.1 Å². The lowest BCUT2D eigenvalue weighted by Crippen LogP contribution is -2.48. The molecule has 36 heavy (non-hydrogen) atoms. The largest absolute Gasteiger partial charge is 0.354 e. The smallest absolute Gasteiger partial charge is 0.242 e. The highest BCUT2D eigenvalue weighted by Gasteiger charge is 2.26. The summed E-state index contributed by atoms with van der Waals surface area (Å²) < 4.78 is 39.6. The molecule has 0 aliphatic heterocycles. The summed E-state index contributed by atoms with van der Waals surface area (Å²) in [4.78, 5) is 27.5. The van der Waals surface area contributed by atoms with E-state index in [1.54, 1.807) is 25.1 Å². The molecule has 7 nitrogen and oxygen atoms in total. The van der Waals surface area contributed by atoms with Crippen LogP contribution < -0.4 is 9.62 Å². The van der Waals surface area contributed by atoms with E-state index in [4.69, 9.17) is 0 Å². The molecule has 0 spiro atoms. The van der Waals surface area contributed by atoms with Crippen LogP contribution in [0.3, 0.4) is 0 Å². The van der Waals surface area contributed by atoms with Crippen molar-refractivity contribution in [3.8, 4) is 0 Å². The van der Waals surface area contributed by atoms with Gasteiger partial charge in [-0.15, -0.1) is 0 Å². The van der Waals surface area contributed by atoms with Crippen LogP contribution in [0.2, 0.25) is 0 Å². The number of hydrogen-bond acceptors (Lipinski definition) is 4. The highest BCUT2D eigenvalue weighted by Crippen LogP contribution is 2.22. The first-order valence-corrected chi connectivity index (χ1v) is 14.0. The second-order valence-corrected chi connectivity index (χ2v) is 11.6. The average molecular weight is 520 g/mol. The fourth-order valence-electron chi connectivity index (χ4n) is 3.71. The first-order chi connectivity index (χ1) is 16.8. The number of aryl methyl sites for hydroxylation is 2. The van der Waals surface area contributed by atoms with Crippen molar-refractivity contribution in [3.05, 3.63) is 65.0 Å². The summed E-state index contributed by atoms with van der Waals surface area (Å²) in [7, 11) is -3.55. The average Bonchev–Trinajstić information content (AvgIpc) is 2.80. The fourth-order valence-corrected chi connectivity index (χ4v) is 4.66. The molecule has 0 aromatic heterocycles. The topological polar surface area (TPSA) is 86.8 Å². The maximum absolute atomic E-state index is 13.4. The Morgan fingerprint density at radius 2 is 1.64 bits per heavy atom. The Kier molecular flexibility index (Phi) is 10.5.